The van der Waals surface area contributed by atoms with Crippen LogP contribution in [0.25, 0.3) is 5.57 Å². The summed E-state index contributed by atoms with van der Waals surface area (Å²) in [6.07, 6.45) is 3.73. The molecule has 3 aromatic rings. The number of aromatic nitrogens is 2. The lowest BCUT2D eigenvalue weighted by atomic mass is 10.0. The van der Waals surface area contributed by atoms with Gasteiger partial charge in [0.25, 0.3) is 5.91 Å². The number of benzene rings is 2. The topological polar surface area (TPSA) is 116 Å². The fraction of sp³-hybridized carbons (Fsp3) is 0.241. The molecule has 2 aromatic carbocycles. The van der Waals surface area contributed by atoms with Crippen molar-refractivity contribution >= 4 is 40.3 Å². The molecule has 2 heterocycles. The predicted octanol–water partition coefficient (Wildman–Crippen LogP) is 4.19. The molecular formula is C29H33N7O2. The first-order valence-electron chi connectivity index (χ1n) is 12.5. The second kappa shape index (κ2) is 12.1. The smallest absolute Gasteiger partial charge is 0.271 e. The first-order chi connectivity index (χ1) is 18.3. The Morgan fingerprint density at radius 3 is 2.42 bits per heavy atom. The number of nitrogens with two attached hydrogens (primary N) is 1. The van der Waals surface area contributed by atoms with Crippen molar-refractivity contribution in [1.29, 1.82) is 0 Å². The molecule has 196 valence electrons. The van der Waals surface area contributed by atoms with E-state index < -0.39 is 5.91 Å². The Bertz CT molecular complexity index is 1340. The summed E-state index contributed by atoms with van der Waals surface area (Å²) in [7, 11) is 0. The van der Waals surface area contributed by atoms with Crippen LogP contribution < -0.4 is 21.3 Å². The SMILES string of the molecule is C=CC=C(C)c1cccc(CNc2cc(Nc3ccc(N4CCN(C(C)=O)CC4)cc3)nnc2C(N)=O)c1. The zero-order chi connectivity index (χ0) is 27.1. The molecule has 0 spiro atoms. The molecule has 38 heavy (non-hydrogen) atoms. The molecule has 4 N–H and O–H groups in total. The summed E-state index contributed by atoms with van der Waals surface area (Å²) in [4.78, 5) is 27.7. The van der Waals surface area contributed by atoms with Crippen LogP contribution in [0.5, 0.6) is 0 Å². The molecule has 0 atom stereocenters. The summed E-state index contributed by atoms with van der Waals surface area (Å²) in [6, 6.07) is 17.9. The lowest BCUT2D eigenvalue weighted by Gasteiger charge is -2.35. The van der Waals surface area contributed by atoms with Crippen LogP contribution in [-0.4, -0.2) is 53.1 Å². The maximum Gasteiger partial charge on any atom is 0.271 e. The van der Waals surface area contributed by atoms with Crippen LogP contribution in [0.2, 0.25) is 0 Å². The van der Waals surface area contributed by atoms with Crippen molar-refractivity contribution < 1.29 is 9.59 Å². The van der Waals surface area contributed by atoms with E-state index in [9.17, 15) is 9.59 Å². The highest BCUT2D eigenvalue weighted by molar-refractivity contribution is 5.96. The number of nitrogens with zero attached hydrogens (tertiary/aromatic N) is 4. The van der Waals surface area contributed by atoms with Crippen molar-refractivity contribution in [1.82, 2.24) is 15.1 Å². The molecule has 1 saturated heterocycles. The first-order valence-corrected chi connectivity index (χ1v) is 12.5. The number of hydrogen-bond acceptors (Lipinski definition) is 7. The molecular weight excluding hydrogens is 478 g/mol. The van der Waals surface area contributed by atoms with Crippen molar-refractivity contribution in [2.24, 2.45) is 5.73 Å². The zero-order valence-electron chi connectivity index (χ0n) is 21.8. The fourth-order valence-electron chi connectivity index (χ4n) is 4.35. The summed E-state index contributed by atoms with van der Waals surface area (Å²) in [5, 5.41) is 14.7. The van der Waals surface area contributed by atoms with Gasteiger partial charge in [-0.2, -0.15) is 0 Å². The van der Waals surface area contributed by atoms with Gasteiger partial charge >= 0.3 is 0 Å². The van der Waals surface area contributed by atoms with Crippen LogP contribution in [0.15, 0.2) is 73.3 Å². The average molecular weight is 512 g/mol. The van der Waals surface area contributed by atoms with Gasteiger partial charge in [-0.05, 0) is 54.0 Å². The highest BCUT2D eigenvalue weighted by Gasteiger charge is 2.19. The minimum absolute atomic E-state index is 0.0782. The number of nitrogens with one attached hydrogen (secondary N) is 2. The number of anilines is 4. The number of carbonyl (C=O) groups is 2. The van der Waals surface area contributed by atoms with Gasteiger partial charge in [-0.3, -0.25) is 9.59 Å². The molecule has 0 saturated carbocycles. The van der Waals surface area contributed by atoms with E-state index in [-0.39, 0.29) is 11.6 Å². The van der Waals surface area contributed by atoms with Crippen molar-refractivity contribution in [2.75, 3.05) is 41.7 Å². The third kappa shape index (κ3) is 6.56. The Morgan fingerprint density at radius 1 is 1.03 bits per heavy atom. The highest BCUT2D eigenvalue weighted by Crippen LogP contribution is 2.24. The van der Waals surface area contributed by atoms with E-state index in [1.165, 1.54) is 0 Å². The van der Waals surface area contributed by atoms with Crippen LogP contribution >= 0.6 is 0 Å². The second-order valence-electron chi connectivity index (χ2n) is 9.16. The van der Waals surface area contributed by atoms with Crippen LogP contribution in [0.4, 0.5) is 22.9 Å². The van der Waals surface area contributed by atoms with Crippen LogP contribution in [0, 0.1) is 0 Å². The van der Waals surface area contributed by atoms with E-state index in [4.69, 9.17) is 5.73 Å². The van der Waals surface area contributed by atoms with Gasteiger partial charge in [-0.15, -0.1) is 10.2 Å². The molecule has 1 aromatic heterocycles. The maximum absolute atomic E-state index is 12.0. The minimum Gasteiger partial charge on any atom is -0.379 e. The Morgan fingerprint density at radius 2 is 1.76 bits per heavy atom. The van der Waals surface area contributed by atoms with E-state index in [1.807, 2.05) is 60.4 Å². The fourth-order valence-corrected chi connectivity index (χ4v) is 4.35. The summed E-state index contributed by atoms with van der Waals surface area (Å²) >= 11 is 0. The van der Waals surface area contributed by atoms with E-state index in [1.54, 1.807) is 19.1 Å². The maximum atomic E-state index is 12.0. The van der Waals surface area contributed by atoms with Gasteiger partial charge in [-0.25, -0.2) is 0 Å². The Labute approximate surface area is 223 Å². The van der Waals surface area contributed by atoms with Gasteiger partial charge in [-0.1, -0.05) is 36.9 Å². The van der Waals surface area contributed by atoms with E-state index in [0.29, 0.717) is 18.1 Å². The molecule has 2 amide bonds. The van der Waals surface area contributed by atoms with E-state index >= 15 is 0 Å². The molecule has 0 bridgehead atoms. The third-order valence-corrected chi connectivity index (χ3v) is 6.49. The van der Waals surface area contributed by atoms with Crippen LogP contribution in [0.1, 0.15) is 35.5 Å². The summed E-state index contributed by atoms with van der Waals surface area (Å²) in [5.74, 6) is -0.0519. The van der Waals surface area contributed by atoms with Crippen molar-refractivity contribution in [3.63, 3.8) is 0 Å². The van der Waals surface area contributed by atoms with Crippen molar-refractivity contribution in [3.05, 3.63) is 90.1 Å². The minimum atomic E-state index is -0.653. The third-order valence-electron chi connectivity index (χ3n) is 6.49. The molecule has 9 heteroatoms. The molecule has 4 rings (SSSR count). The van der Waals surface area contributed by atoms with Gasteiger partial charge in [0.15, 0.2) is 11.5 Å². The van der Waals surface area contributed by atoms with E-state index in [2.05, 4.69) is 38.4 Å². The van der Waals surface area contributed by atoms with Gasteiger partial charge in [0.2, 0.25) is 5.91 Å². The monoisotopic (exact) mass is 511 g/mol. The predicted molar refractivity (Wildman–Crippen MR) is 152 cm³/mol. The van der Waals surface area contributed by atoms with Crippen LogP contribution in [-0.2, 0) is 11.3 Å². The highest BCUT2D eigenvalue weighted by atomic mass is 16.2. The largest absolute Gasteiger partial charge is 0.379 e. The zero-order valence-corrected chi connectivity index (χ0v) is 21.8. The standard InChI is InChI=1S/C29H33N7O2/c1-4-6-20(2)23-8-5-7-22(17-23)19-31-26-18-27(33-34-28(26)29(30)38)32-24-9-11-25(12-10-24)36-15-13-35(14-16-36)21(3)37/h4-12,17-18H,1,13-16,19H2,2-3H3,(H2,30,38)(H2,31,32,33). The number of amides is 2. The van der Waals surface area contributed by atoms with Gasteiger partial charge < -0.3 is 26.2 Å². The number of rotatable bonds is 9. The molecule has 1 aliphatic rings. The number of allylic oxidation sites excluding steroid dienone is 3. The lowest BCUT2D eigenvalue weighted by Crippen LogP contribution is -2.48. The molecule has 1 aliphatic heterocycles. The first kappa shape index (κ1) is 26.4. The summed E-state index contributed by atoms with van der Waals surface area (Å²) in [6.45, 7) is 10.9. The van der Waals surface area contributed by atoms with Crippen molar-refractivity contribution in [2.45, 2.75) is 20.4 Å². The normalized spacial score (nSPS) is 13.7. The molecule has 0 radical (unpaired) electrons. The van der Waals surface area contributed by atoms with Crippen molar-refractivity contribution in [3.8, 4) is 0 Å². The van der Waals surface area contributed by atoms with Gasteiger partial charge in [0.05, 0.1) is 5.69 Å². The number of carbonyl (C=O) groups excluding carboxylic acids is 2. The average Bonchev–Trinajstić information content (AvgIpc) is 2.92. The lowest BCUT2D eigenvalue weighted by molar-refractivity contribution is -0.129. The van der Waals surface area contributed by atoms with Gasteiger partial charge in [0, 0.05) is 57.1 Å². The molecule has 0 aliphatic carbocycles. The molecule has 0 unspecified atom stereocenters. The van der Waals surface area contributed by atoms with Gasteiger partial charge in [0.1, 0.15) is 0 Å². The Hall–Kier alpha value is -4.66. The Kier molecular flexibility index (Phi) is 8.37. The quantitative estimate of drug-likeness (QED) is 0.369. The second-order valence-corrected chi connectivity index (χ2v) is 9.16. The molecule has 1 fully saturated rings. The molecule has 9 nitrogen and oxygen atoms in total. The number of piperazine rings is 1. The number of hydrogen-bond donors (Lipinski definition) is 3. The Balaban J connectivity index is 1.44. The number of primary amides is 1. The summed E-state index contributed by atoms with van der Waals surface area (Å²) in [5.41, 5.74) is 11.3. The summed E-state index contributed by atoms with van der Waals surface area (Å²) < 4.78 is 0. The van der Waals surface area contributed by atoms with E-state index in [0.717, 1.165) is 54.3 Å². The van der Waals surface area contributed by atoms with Crippen LogP contribution in [0.3, 0.4) is 0 Å².